The maximum Gasteiger partial charge on any atom is 0.185 e. The molecular weight excluding hydrogens is 368 g/mol. The van der Waals surface area contributed by atoms with Gasteiger partial charge in [0.1, 0.15) is 0 Å². The second kappa shape index (κ2) is 9.32. The number of ketones is 1. The van der Waals surface area contributed by atoms with Crippen LogP contribution in [0.15, 0.2) is 47.5 Å². The first-order chi connectivity index (χ1) is 14.1. The van der Waals surface area contributed by atoms with E-state index < -0.39 is 0 Å². The first-order valence-corrected chi connectivity index (χ1v) is 9.50. The summed E-state index contributed by atoms with van der Waals surface area (Å²) in [5.74, 6) is 2.64. The Labute approximate surface area is 171 Å². The molecule has 1 fully saturated rings. The highest BCUT2D eigenvalue weighted by molar-refractivity contribution is 6.14. The Bertz CT molecular complexity index is 956. The Morgan fingerprint density at radius 2 is 1.45 bits per heavy atom. The van der Waals surface area contributed by atoms with Crippen LogP contribution < -0.4 is 18.9 Å². The van der Waals surface area contributed by atoms with Crippen molar-refractivity contribution in [3.8, 4) is 23.0 Å². The molecule has 2 aromatic carbocycles. The Morgan fingerprint density at radius 1 is 0.759 bits per heavy atom. The molecule has 1 saturated carbocycles. The summed E-state index contributed by atoms with van der Waals surface area (Å²) in [4.78, 5) is 13.1. The monoisotopic (exact) mass is 394 g/mol. The topological polar surface area (TPSA) is 54.0 Å². The van der Waals surface area contributed by atoms with Crippen molar-refractivity contribution in [2.75, 3.05) is 28.4 Å². The third-order valence-electron chi connectivity index (χ3n) is 4.99. The third kappa shape index (κ3) is 4.45. The van der Waals surface area contributed by atoms with Gasteiger partial charge in [0.2, 0.25) is 0 Å². The molecular formula is C24H26O5. The van der Waals surface area contributed by atoms with Gasteiger partial charge in [-0.25, -0.2) is 0 Å². The number of carbonyl (C=O) groups excluding carboxylic acids is 1. The summed E-state index contributed by atoms with van der Waals surface area (Å²) in [5.41, 5.74) is 3.31. The number of hydrogen-bond acceptors (Lipinski definition) is 5. The lowest BCUT2D eigenvalue weighted by Crippen LogP contribution is -2.12. The predicted octanol–water partition coefficient (Wildman–Crippen LogP) is 4.94. The number of allylic oxidation sites excluding steroid dienone is 2. The number of rotatable bonds is 6. The standard InChI is InChI=1S/C24H26O5/c1-26-20-12-11-16(14-22(20)28-3)13-17-7-5-8-18(23(17)25)15-19-9-6-10-21(27-2)24(19)29-4/h6,9-15H,5,7-8H2,1-4H3/b17-13+,18-15+. The van der Waals surface area contributed by atoms with E-state index in [1.165, 1.54) is 0 Å². The van der Waals surface area contributed by atoms with Gasteiger partial charge in [0.05, 0.1) is 28.4 Å². The van der Waals surface area contributed by atoms with Gasteiger partial charge in [-0.05, 0) is 55.2 Å². The molecule has 0 N–H and O–H groups in total. The summed E-state index contributed by atoms with van der Waals surface area (Å²) in [6.45, 7) is 0. The van der Waals surface area contributed by atoms with E-state index >= 15 is 0 Å². The van der Waals surface area contributed by atoms with E-state index in [-0.39, 0.29) is 5.78 Å². The van der Waals surface area contributed by atoms with E-state index in [0.29, 0.717) is 23.0 Å². The van der Waals surface area contributed by atoms with Crippen molar-refractivity contribution < 1.29 is 23.7 Å². The van der Waals surface area contributed by atoms with Gasteiger partial charge >= 0.3 is 0 Å². The number of methoxy groups -OCH3 is 4. The summed E-state index contributed by atoms with van der Waals surface area (Å²) in [6.07, 6.45) is 6.25. The fraction of sp³-hybridized carbons (Fsp3) is 0.292. The van der Waals surface area contributed by atoms with Crippen LogP contribution >= 0.6 is 0 Å². The minimum atomic E-state index is 0.0657. The summed E-state index contributed by atoms with van der Waals surface area (Å²) < 4.78 is 21.5. The fourth-order valence-electron chi connectivity index (χ4n) is 3.54. The van der Waals surface area contributed by atoms with Gasteiger partial charge in [0, 0.05) is 16.7 Å². The molecule has 0 aliphatic heterocycles. The number of carbonyl (C=O) groups is 1. The van der Waals surface area contributed by atoms with Crippen molar-refractivity contribution in [2.45, 2.75) is 19.3 Å². The van der Waals surface area contributed by atoms with Crippen molar-refractivity contribution in [3.63, 3.8) is 0 Å². The molecule has 1 aliphatic rings. The second-order valence-electron chi connectivity index (χ2n) is 6.72. The van der Waals surface area contributed by atoms with Gasteiger partial charge in [-0.1, -0.05) is 18.2 Å². The van der Waals surface area contributed by atoms with Crippen LogP contribution in [0.3, 0.4) is 0 Å². The van der Waals surface area contributed by atoms with Gasteiger partial charge in [-0.2, -0.15) is 0 Å². The smallest absolute Gasteiger partial charge is 0.185 e. The lowest BCUT2D eigenvalue weighted by molar-refractivity contribution is -0.112. The lowest BCUT2D eigenvalue weighted by atomic mass is 9.86. The molecule has 0 bridgehead atoms. The summed E-state index contributed by atoms with van der Waals surface area (Å²) in [5, 5.41) is 0. The molecule has 152 valence electrons. The van der Waals surface area contributed by atoms with Crippen LogP contribution in [-0.2, 0) is 4.79 Å². The maximum absolute atomic E-state index is 13.1. The number of benzene rings is 2. The largest absolute Gasteiger partial charge is 0.493 e. The minimum Gasteiger partial charge on any atom is -0.493 e. The number of Topliss-reactive ketones (excluding diaryl/α,β-unsaturated/α-hetero) is 1. The highest BCUT2D eigenvalue weighted by atomic mass is 16.5. The average Bonchev–Trinajstić information content (AvgIpc) is 2.76. The maximum atomic E-state index is 13.1. The van der Waals surface area contributed by atoms with Crippen LogP contribution in [0.25, 0.3) is 12.2 Å². The van der Waals surface area contributed by atoms with Gasteiger partial charge in [-0.3, -0.25) is 4.79 Å². The van der Waals surface area contributed by atoms with Crippen molar-refractivity contribution in [1.82, 2.24) is 0 Å². The molecule has 0 amide bonds. The lowest BCUT2D eigenvalue weighted by Gasteiger charge is -2.18. The molecule has 0 saturated heterocycles. The highest BCUT2D eigenvalue weighted by Crippen LogP contribution is 2.35. The first kappa shape index (κ1) is 20.5. The van der Waals surface area contributed by atoms with Crippen molar-refractivity contribution in [3.05, 3.63) is 58.7 Å². The van der Waals surface area contributed by atoms with Gasteiger partial charge in [0.15, 0.2) is 28.8 Å². The predicted molar refractivity (Wildman–Crippen MR) is 114 cm³/mol. The van der Waals surface area contributed by atoms with Crippen molar-refractivity contribution >= 4 is 17.9 Å². The molecule has 0 radical (unpaired) electrons. The van der Waals surface area contributed by atoms with Gasteiger partial charge in [-0.15, -0.1) is 0 Å². The number of hydrogen-bond donors (Lipinski definition) is 0. The van der Waals surface area contributed by atoms with Crippen LogP contribution in [0.2, 0.25) is 0 Å². The summed E-state index contributed by atoms with van der Waals surface area (Å²) >= 11 is 0. The van der Waals surface area contributed by atoms with Crippen molar-refractivity contribution in [2.24, 2.45) is 0 Å². The van der Waals surface area contributed by atoms with Crippen LogP contribution in [0, 0.1) is 0 Å². The second-order valence-corrected chi connectivity index (χ2v) is 6.72. The zero-order valence-corrected chi connectivity index (χ0v) is 17.3. The Hall–Kier alpha value is -3.21. The summed E-state index contributed by atoms with van der Waals surface area (Å²) in [7, 11) is 6.41. The zero-order chi connectivity index (χ0) is 20.8. The Morgan fingerprint density at radius 3 is 2.10 bits per heavy atom. The quantitative estimate of drug-likeness (QED) is 0.650. The number of para-hydroxylation sites is 1. The fourth-order valence-corrected chi connectivity index (χ4v) is 3.54. The molecule has 29 heavy (non-hydrogen) atoms. The molecule has 5 heteroatoms. The van der Waals surface area contributed by atoms with Crippen LogP contribution in [-0.4, -0.2) is 34.2 Å². The molecule has 1 aliphatic carbocycles. The summed E-state index contributed by atoms with van der Waals surface area (Å²) in [6, 6.07) is 11.3. The van der Waals surface area contributed by atoms with Crippen LogP contribution in [0.4, 0.5) is 0 Å². The van der Waals surface area contributed by atoms with Crippen molar-refractivity contribution in [1.29, 1.82) is 0 Å². The Kier molecular flexibility index (Phi) is 6.60. The van der Waals surface area contributed by atoms with Crippen LogP contribution in [0.5, 0.6) is 23.0 Å². The van der Waals surface area contributed by atoms with E-state index in [1.807, 2.05) is 48.6 Å². The molecule has 0 aromatic heterocycles. The average molecular weight is 394 g/mol. The van der Waals surface area contributed by atoms with Crippen LogP contribution in [0.1, 0.15) is 30.4 Å². The minimum absolute atomic E-state index is 0.0657. The molecule has 2 aromatic rings. The van der Waals surface area contributed by atoms with E-state index in [1.54, 1.807) is 28.4 Å². The SMILES string of the molecule is COc1ccc(/C=C2\CCC/C(=C\c3cccc(OC)c3OC)C2=O)cc1OC. The number of ether oxygens (including phenoxy) is 4. The van der Waals surface area contributed by atoms with E-state index in [4.69, 9.17) is 18.9 Å². The van der Waals surface area contributed by atoms with E-state index in [2.05, 4.69) is 0 Å². The normalized spacial score (nSPS) is 16.8. The zero-order valence-electron chi connectivity index (χ0n) is 17.3. The molecule has 0 heterocycles. The molecule has 5 nitrogen and oxygen atoms in total. The molecule has 3 rings (SSSR count). The Balaban J connectivity index is 1.93. The molecule has 0 unspecified atom stereocenters. The van der Waals surface area contributed by atoms with Gasteiger partial charge in [0.25, 0.3) is 0 Å². The van der Waals surface area contributed by atoms with E-state index in [0.717, 1.165) is 41.5 Å². The van der Waals surface area contributed by atoms with Gasteiger partial charge < -0.3 is 18.9 Å². The van der Waals surface area contributed by atoms with E-state index in [9.17, 15) is 4.79 Å². The molecule has 0 spiro atoms. The molecule has 0 atom stereocenters. The highest BCUT2D eigenvalue weighted by Gasteiger charge is 2.21. The first-order valence-electron chi connectivity index (χ1n) is 9.50. The third-order valence-corrected chi connectivity index (χ3v) is 4.99.